The van der Waals surface area contributed by atoms with Crippen LogP contribution in [0.15, 0.2) is 24.3 Å². The van der Waals surface area contributed by atoms with Crippen molar-refractivity contribution in [2.24, 2.45) is 0 Å². The Kier molecular flexibility index (Phi) is 3.42. The number of amides is 2. The van der Waals surface area contributed by atoms with Crippen molar-refractivity contribution in [3.8, 4) is 0 Å². The maximum atomic E-state index is 11.8. The molecule has 16 heavy (non-hydrogen) atoms. The summed E-state index contributed by atoms with van der Waals surface area (Å²) in [5, 5.41) is 2.58. The first-order valence-corrected chi connectivity index (χ1v) is 6.08. The Morgan fingerprint density at radius 3 is 2.75 bits per heavy atom. The van der Waals surface area contributed by atoms with Crippen molar-refractivity contribution in [2.75, 3.05) is 18.0 Å². The van der Waals surface area contributed by atoms with E-state index in [2.05, 4.69) is 27.9 Å². The summed E-state index contributed by atoms with van der Waals surface area (Å²) in [7, 11) is 0. The third-order valence-electron chi connectivity index (χ3n) is 2.44. The van der Waals surface area contributed by atoms with Crippen molar-refractivity contribution < 1.29 is 9.59 Å². The predicted molar refractivity (Wildman–Crippen MR) is 69.1 cm³/mol. The molecule has 1 N–H and O–H groups in total. The van der Waals surface area contributed by atoms with E-state index in [0.717, 1.165) is 9.26 Å². The molecule has 4 nitrogen and oxygen atoms in total. The molecule has 1 aromatic carbocycles. The number of benzene rings is 1. The fourth-order valence-corrected chi connectivity index (χ4v) is 2.30. The van der Waals surface area contributed by atoms with Crippen molar-refractivity contribution in [1.29, 1.82) is 0 Å². The lowest BCUT2D eigenvalue weighted by Gasteiger charge is -2.21. The number of nitrogens with one attached hydrogen (secondary N) is 1. The van der Waals surface area contributed by atoms with Crippen LogP contribution < -0.4 is 10.2 Å². The fourth-order valence-electron chi connectivity index (χ4n) is 1.62. The second-order valence-corrected chi connectivity index (χ2v) is 4.69. The van der Waals surface area contributed by atoms with Gasteiger partial charge in [-0.2, -0.15) is 0 Å². The Balaban J connectivity index is 2.29. The lowest BCUT2D eigenvalue weighted by Crippen LogP contribution is -2.35. The lowest BCUT2D eigenvalue weighted by atomic mass is 10.2. The van der Waals surface area contributed by atoms with E-state index in [9.17, 15) is 9.59 Å². The van der Waals surface area contributed by atoms with E-state index in [1.165, 1.54) is 0 Å². The summed E-state index contributed by atoms with van der Waals surface area (Å²) >= 11 is 2.19. The largest absolute Gasteiger partial charge is 0.347 e. The summed E-state index contributed by atoms with van der Waals surface area (Å²) in [5.74, 6) is -0.128. The van der Waals surface area contributed by atoms with Gasteiger partial charge in [-0.25, -0.2) is 0 Å². The van der Waals surface area contributed by atoms with Crippen LogP contribution in [0.25, 0.3) is 0 Å². The van der Waals surface area contributed by atoms with Gasteiger partial charge in [-0.1, -0.05) is 12.1 Å². The standard InChI is InChI=1S/C11H11IN2O2/c12-8-3-1-2-4-9(8)14-6-5-10(15)13-7-11(14)16/h1-4H,5-7H2,(H,13,15). The van der Waals surface area contributed by atoms with Gasteiger partial charge in [-0.05, 0) is 34.7 Å². The van der Waals surface area contributed by atoms with Gasteiger partial charge < -0.3 is 10.2 Å². The number of hydrogen-bond acceptors (Lipinski definition) is 2. The molecule has 0 atom stereocenters. The minimum Gasteiger partial charge on any atom is -0.347 e. The van der Waals surface area contributed by atoms with Crippen molar-refractivity contribution in [1.82, 2.24) is 5.32 Å². The van der Waals surface area contributed by atoms with Gasteiger partial charge >= 0.3 is 0 Å². The summed E-state index contributed by atoms with van der Waals surface area (Å²) in [6, 6.07) is 7.67. The molecule has 0 unspecified atom stereocenters. The van der Waals surface area contributed by atoms with Crippen molar-refractivity contribution in [3.05, 3.63) is 27.8 Å². The molecule has 0 aromatic heterocycles. The average molecular weight is 330 g/mol. The van der Waals surface area contributed by atoms with Gasteiger partial charge in [0.2, 0.25) is 11.8 Å². The normalized spacial score (nSPS) is 16.9. The highest BCUT2D eigenvalue weighted by Gasteiger charge is 2.22. The minimum atomic E-state index is -0.0678. The zero-order valence-corrected chi connectivity index (χ0v) is 10.7. The van der Waals surface area contributed by atoms with Crippen LogP contribution in [-0.4, -0.2) is 24.9 Å². The first-order valence-electron chi connectivity index (χ1n) is 5.00. The van der Waals surface area contributed by atoms with E-state index in [-0.39, 0.29) is 18.4 Å². The van der Waals surface area contributed by atoms with Crippen LogP contribution in [0.5, 0.6) is 0 Å². The molecule has 1 saturated heterocycles. The highest BCUT2D eigenvalue weighted by Crippen LogP contribution is 2.22. The molecular formula is C11H11IN2O2. The molecule has 2 rings (SSSR count). The van der Waals surface area contributed by atoms with E-state index in [0.29, 0.717) is 13.0 Å². The predicted octanol–water partition coefficient (Wildman–Crippen LogP) is 1.14. The minimum absolute atomic E-state index is 0.0602. The Labute approximate surface area is 107 Å². The first-order chi connectivity index (χ1) is 7.68. The number of carbonyl (C=O) groups excluding carboxylic acids is 2. The highest BCUT2D eigenvalue weighted by atomic mass is 127. The van der Waals surface area contributed by atoms with Crippen molar-refractivity contribution >= 4 is 40.1 Å². The second kappa shape index (κ2) is 4.82. The van der Waals surface area contributed by atoms with Crippen LogP contribution in [0, 0.1) is 3.57 Å². The number of para-hydroxylation sites is 1. The number of nitrogens with zero attached hydrogens (tertiary/aromatic N) is 1. The molecule has 5 heteroatoms. The topological polar surface area (TPSA) is 49.4 Å². The van der Waals surface area contributed by atoms with E-state index in [4.69, 9.17) is 0 Å². The lowest BCUT2D eigenvalue weighted by molar-refractivity contribution is -0.123. The molecule has 0 spiro atoms. The molecule has 0 radical (unpaired) electrons. The van der Waals surface area contributed by atoms with E-state index < -0.39 is 0 Å². The summed E-state index contributed by atoms with van der Waals surface area (Å²) in [4.78, 5) is 24.7. The molecule has 2 amide bonds. The van der Waals surface area contributed by atoms with Crippen LogP contribution >= 0.6 is 22.6 Å². The number of rotatable bonds is 1. The van der Waals surface area contributed by atoms with Gasteiger partial charge in [0.1, 0.15) is 0 Å². The van der Waals surface area contributed by atoms with Gasteiger partial charge in [0.15, 0.2) is 0 Å². The van der Waals surface area contributed by atoms with Crippen LogP contribution in [0.1, 0.15) is 6.42 Å². The summed E-state index contributed by atoms with van der Waals surface area (Å²) in [6.45, 7) is 0.536. The first kappa shape index (κ1) is 11.4. The number of halogens is 1. The molecule has 1 aromatic rings. The van der Waals surface area contributed by atoms with E-state index >= 15 is 0 Å². The van der Waals surface area contributed by atoms with Gasteiger partial charge in [-0.15, -0.1) is 0 Å². The quantitative estimate of drug-likeness (QED) is 0.786. The highest BCUT2D eigenvalue weighted by molar-refractivity contribution is 14.1. The summed E-state index contributed by atoms with van der Waals surface area (Å²) in [5.41, 5.74) is 0.879. The third kappa shape index (κ3) is 2.34. The van der Waals surface area contributed by atoms with Gasteiger partial charge in [-0.3, -0.25) is 9.59 Å². The van der Waals surface area contributed by atoms with E-state index in [1.54, 1.807) is 4.90 Å². The SMILES string of the molecule is O=C1CCN(c2ccccc2I)C(=O)CN1. The van der Waals surface area contributed by atoms with Gasteiger partial charge in [0, 0.05) is 16.5 Å². The number of carbonyl (C=O) groups is 2. The smallest absolute Gasteiger partial charge is 0.246 e. The molecule has 0 bridgehead atoms. The zero-order chi connectivity index (χ0) is 11.5. The maximum Gasteiger partial charge on any atom is 0.246 e. The van der Waals surface area contributed by atoms with Crippen molar-refractivity contribution in [2.45, 2.75) is 6.42 Å². The number of hydrogen-bond donors (Lipinski definition) is 1. The van der Waals surface area contributed by atoms with E-state index in [1.807, 2.05) is 24.3 Å². The van der Waals surface area contributed by atoms with Crippen LogP contribution in [0.3, 0.4) is 0 Å². The molecule has 84 valence electrons. The monoisotopic (exact) mass is 330 g/mol. The van der Waals surface area contributed by atoms with Gasteiger partial charge in [0.05, 0.1) is 12.2 Å². The zero-order valence-electron chi connectivity index (χ0n) is 8.57. The Hall–Kier alpha value is -1.11. The fraction of sp³-hybridized carbons (Fsp3) is 0.273. The van der Waals surface area contributed by atoms with Crippen LogP contribution in [-0.2, 0) is 9.59 Å². The van der Waals surface area contributed by atoms with Crippen LogP contribution in [0.4, 0.5) is 5.69 Å². The summed E-state index contributed by atoms with van der Waals surface area (Å²) < 4.78 is 1.02. The summed E-state index contributed by atoms with van der Waals surface area (Å²) in [6.07, 6.45) is 0.358. The molecule has 0 saturated carbocycles. The Morgan fingerprint density at radius 2 is 2.00 bits per heavy atom. The average Bonchev–Trinajstić information content (AvgIpc) is 2.43. The Morgan fingerprint density at radius 1 is 1.25 bits per heavy atom. The maximum absolute atomic E-state index is 11.8. The molecule has 1 fully saturated rings. The van der Waals surface area contributed by atoms with Crippen LogP contribution in [0.2, 0.25) is 0 Å². The Bertz CT molecular complexity index is 434. The number of anilines is 1. The van der Waals surface area contributed by atoms with Crippen molar-refractivity contribution in [3.63, 3.8) is 0 Å². The second-order valence-electron chi connectivity index (χ2n) is 3.52. The molecular weight excluding hydrogens is 319 g/mol. The third-order valence-corrected chi connectivity index (χ3v) is 3.36. The molecule has 0 aliphatic carbocycles. The molecule has 1 aliphatic heterocycles. The molecule has 1 aliphatic rings. The molecule has 1 heterocycles. The van der Waals surface area contributed by atoms with Gasteiger partial charge in [0.25, 0.3) is 0 Å².